The third-order valence-electron chi connectivity index (χ3n) is 2.27. The summed E-state index contributed by atoms with van der Waals surface area (Å²) in [6, 6.07) is 2.62. The highest BCUT2D eigenvalue weighted by molar-refractivity contribution is 4.81. The van der Waals surface area contributed by atoms with Gasteiger partial charge in [-0.3, -0.25) is 0 Å². The fourth-order valence-corrected chi connectivity index (χ4v) is 1.52. The lowest BCUT2D eigenvalue weighted by Gasteiger charge is -2.23. The van der Waals surface area contributed by atoms with Gasteiger partial charge in [-0.05, 0) is 31.6 Å². The average molecular weight is 138 g/mol. The number of hydrogen-bond acceptors (Lipinski definition) is 2. The van der Waals surface area contributed by atoms with Gasteiger partial charge in [-0.2, -0.15) is 5.26 Å². The first kappa shape index (κ1) is 7.56. The topological polar surface area (TPSA) is 49.8 Å². The molecule has 0 aromatic heterocycles. The summed E-state index contributed by atoms with van der Waals surface area (Å²) in [7, 11) is 0. The van der Waals surface area contributed by atoms with Gasteiger partial charge >= 0.3 is 0 Å². The second-order valence-electron chi connectivity index (χ2n) is 3.14. The second kappa shape index (κ2) is 3.58. The van der Waals surface area contributed by atoms with E-state index in [4.69, 9.17) is 11.0 Å². The van der Waals surface area contributed by atoms with Crippen LogP contribution in [0.2, 0.25) is 0 Å². The second-order valence-corrected chi connectivity index (χ2v) is 3.14. The minimum absolute atomic E-state index is 0.412. The number of rotatable bonds is 1. The molecule has 0 heterocycles. The van der Waals surface area contributed by atoms with Gasteiger partial charge in [0.15, 0.2) is 0 Å². The Hall–Kier alpha value is -0.550. The molecule has 0 saturated heterocycles. The Bertz CT molecular complexity index is 129. The molecule has 0 aromatic rings. The molecule has 0 radical (unpaired) electrons. The third kappa shape index (κ3) is 2.00. The molecule has 1 aliphatic rings. The molecule has 2 nitrogen and oxygen atoms in total. The predicted octanol–water partition coefficient (Wildman–Crippen LogP) is 1.42. The van der Waals surface area contributed by atoms with E-state index in [1.54, 1.807) is 0 Å². The highest BCUT2D eigenvalue weighted by atomic mass is 14.6. The van der Waals surface area contributed by atoms with Crippen LogP contribution in [0.15, 0.2) is 0 Å². The number of hydrogen-bond donors (Lipinski definition) is 1. The first-order valence-corrected chi connectivity index (χ1v) is 3.95. The SMILES string of the molecule is N#CC[C@H]1CC[C@@H](N)CC1. The smallest absolute Gasteiger partial charge is 0.0624 e. The van der Waals surface area contributed by atoms with Crippen molar-refractivity contribution in [1.29, 1.82) is 5.26 Å². The molecule has 1 fully saturated rings. The van der Waals surface area contributed by atoms with Crippen LogP contribution in [0, 0.1) is 17.2 Å². The summed E-state index contributed by atoms with van der Waals surface area (Å²) in [5.74, 6) is 0.643. The standard InChI is InChI=1S/C8H14N2/c9-6-5-7-1-3-8(10)4-2-7/h7-8H,1-5,10H2/t7-,8+. The fourth-order valence-electron chi connectivity index (χ4n) is 1.52. The normalized spacial score (nSPS) is 33.2. The number of nitriles is 1. The molecule has 0 bridgehead atoms. The summed E-state index contributed by atoms with van der Waals surface area (Å²) in [5, 5.41) is 8.40. The molecule has 0 spiro atoms. The quantitative estimate of drug-likeness (QED) is 0.595. The molecule has 0 atom stereocenters. The predicted molar refractivity (Wildman–Crippen MR) is 40.2 cm³/mol. The highest BCUT2D eigenvalue weighted by Crippen LogP contribution is 2.24. The van der Waals surface area contributed by atoms with Gasteiger partial charge in [0.1, 0.15) is 0 Å². The molecule has 0 aromatic carbocycles. The van der Waals surface area contributed by atoms with Gasteiger partial charge in [0.05, 0.1) is 6.07 Å². The minimum Gasteiger partial charge on any atom is -0.328 e. The number of nitrogens with two attached hydrogens (primary N) is 1. The van der Waals surface area contributed by atoms with Crippen molar-refractivity contribution in [2.75, 3.05) is 0 Å². The van der Waals surface area contributed by atoms with Crippen molar-refractivity contribution < 1.29 is 0 Å². The van der Waals surface area contributed by atoms with Crippen LogP contribution in [-0.2, 0) is 0 Å². The Morgan fingerprint density at radius 2 is 1.90 bits per heavy atom. The molecule has 1 rings (SSSR count). The van der Waals surface area contributed by atoms with Crippen molar-refractivity contribution >= 4 is 0 Å². The van der Waals surface area contributed by atoms with Gasteiger partial charge in [-0.25, -0.2) is 0 Å². The Balaban J connectivity index is 2.21. The Morgan fingerprint density at radius 1 is 1.30 bits per heavy atom. The molecule has 10 heavy (non-hydrogen) atoms. The monoisotopic (exact) mass is 138 g/mol. The van der Waals surface area contributed by atoms with Gasteiger partial charge < -0.3 is 5.73 Å². The van der Waals surface area contributed by atoms with Gasteiger partial charge in [-0.1, -0.05) is 0 Å². The van der Waals surface area contributed by atoms with Crippen molar-refractivity contribution in [3.05, 3.63) is 0 Å². The zero-order chi connectivity index (χ0) is 7.40. The van der Waals surface area contributed by atoms with Crippen LogP contribution in [0.3, 0.4) is 0 Å². The maximum Gasteiger partial charge on any atom is 0.0624 e. The zero-order valence-corrected chi connectivity index (χ0v) is 6.21. The van der Waals surface area contributed by atoms with Crippen molar-refractivity contribution in [3.63, 3.8) is 0 Å². The summed E-state index contributed by atoms with van der Waals surface area (Å²) >= 11 is 0. The average Bonchev–Trinajstić information content (AvgIpc) is 1.95. The van der Waals surface area contributed by atoms with Crippen LogP contribution in [-0.4, -0.2) is 6.04 Å². The molecular formula is C8H14N2. The maximum absolute atomic E-state index is 8.40. The lowest BCUT2D eigenvalue weighted by Crippen LogP contribution is -2.26. The van der Waals surface area contributed by atoms with E-state index >= 15 is 0 Å². The van der Waals surface area contributed by atoms with Crippen LogP contribution in [0.1, 0.15) is 32.1 Å². The van der Waals surface area contributed by atoms with E-state index in [0.717, 1.165) is 32.1 Å². The third-order valence-corrected chi connectivity index (χ3v) is 2.27. The van der Waals surface area contributed by atoms with E-state index in [1.807, 2.05) is 0 Å². The van der Waals surface area contributed by atoms with E-state index in [2.05, 4.69) is 6.07 Å². The fraction of sp³-hybridized carbons (Fsp3) is 0.875. The molecule has 2 heteroatoms. The highest BCUT2D eigenvalue weighted by Gasteiger charge is 2.17. The zero-order valence-electron chi connectivity index (χ0n) is 6.21. The Kier molecular flexibility index (Phi) is 2.70. The van der Waals surface area contributed by atoms with Crippen LogP contribution in [0.25, 0.3) is 0 Å². The lowest BCUT2D eigenvalue weighted by molar-refractivity contribution is 0.331. The van der Waals surface area contributed by atoms with Crippen LogP contribution < -0.4 is 5.73 Å². The van der Waals surface area contributed by atoms with Crippen molar-refractivity contribution in [3.8, 4) is 6.07 Å². The van der Waals surface area contributed by atoms with Gasteiger partial charge in [0.2, 0.25) is 0 Å². The number of nitrogens with zero attached hydrogens (tertiary/aromatic N) is 1. The molecule has 1 aliphatic carbocycles. The molecule has 0 unspecified atom stereocenters. The van der Waals surface area contributed by atoms with E-state index in [1.165, 1.54) is 0 Å². The van der Waals surface area contributed by atoms with E-state index < -0.39 is 0 Å². The van der Waals surface area contributed by atoms with E-state index in [9.17, 15) is 0 Å². The largest absolute Gasteiger partial charge is 0.328 e. The molecule has 1 saturated carbocycles. The Labute approximate surface area is 62.0 Å². The van der Waals surface area contributed by atoms with Gasteiger partial charge in [0.25, 0.3) is 0 Å². The maximum atomic E-state index is 8.40. The van der Waals surface area contributed by atoms with Crippen LogP contribution >= 0.6 is 0 Å². The van der Waals surface area contributed by atoms with Crippen molar-refractivity contribution in [1.82, 2.24) is 0 Å². The molecule has 0 amide bonds. The molecule has 56 valence electrons. The first-order chi connectivity index (χ1) is 4.83. The Morgan fingerprint density at radius 3 is 2.40 bits per heavy atom. The summed E-state index contributed by atoms with van der Waals surface area (Å²) in [5.41, 5.74) is 5.71. The van der Waals surface area contributed by atoms with Crippen LogP contribution in [0.4, 0.5) is 0 Å². The summed E-state index contributed by atoms with van der Waals surface area (Å²) in [6.45, 7) is 0. The van der Waals surface area contributed by atoms with Gasteiger partial charge in [0, 0.05) is 12.5 Å². The summed E-state index contributed by atoms with van der Waals surface area (Å²) in [4.78, 5) is 0. The van der Waals surface area contributed by atoms with Crippen molar-refractivity contribution in [2.45, 2.75) is 38.1 Å². The molecule has 0 aliphatic heterocycles. The minimum atomic E-state index is 0.412. The summed E-state index contributed by atoms with van der Waals surface area (Å²) in [6.07, 6.45) is 5.29. The van der Waals surface area contributed by atoms with Gasteiger partial charge in [-0.15, -0.1) is 0 Å². The first-order valence-electron chi connectivity index (χ1n) is 3.95. The van der Waals surface area contributed by atoms with E-state index in [0.29, 0.717) is 12.0 Å². The van der Waals surface area contributed by atoms with Crippen LogP contribution in [0.5, 0.6) is 0 Å². The summed E-state index contributed by atoms with van der Waals surface area (Å²) < 4.78 is 0. The molecular weight excluding hydrogens is 124 g/mol. The molecule has 2 N–H and O–H groups in total. The van der Waals surface area contributed by atoms with Crippen molar-refractivity contribution in [2.24, 2.45) is 11.7 Å². The van der Waals surface area contributed by atoms with E-state index in [-0.39, 0.29) is 0 Å². The lowest BCUT2D eigenvalue weighted by atomic mass is 9.85.